The van der Waals surface area contributed by atoms with Crippen molar-refractivity contribution < 1.29 is 18.0 Å². The molecule has 1 heterocycles. The van der Waals surface area contributed by atoms with Crippen molar-refractivity contribution in [1.29, 1.82) is 0 Å². The molecule has 2 aromatic rings. The fourth-order valence-corrected chi connectivity index (χ4v) is 4.28. The third-order valence-corrected chi connectivity index (χ3v) is 6.05. The van der Waals surface area contributed by atoms with Crippen LogP contribution in [0.5, 0.6) is 0 Å². The number of alkyl halides is 3. The van der Waals surface area contributed by atoms with E-state index in [0.29, 0.717) is 22.3 Å². The number of hydrogen-bond donors (Lipinski definition) is 0. The third-order valence-electron chi connectivity index (χ3n) is 5.11. The van der Waals surface area contributed by atoms with E-state index in [0.717, 1.165) is 37.8 Å². The van der Waals surface area contributed by atoms with Crippen molar-refractivity contribution >= 4 is 17.2 Å². The zero-order valence-electron chi connectivity index (χ0n) is 15.3. The summed E-state index contributed by atoms with van der Waals surface area (Å²) in [5, 5.41) is 2.44. The average Bonchev–Trinajstić information content (AvgIpc) is 2.93. The van der Waals surface area contributed by atoms with E-state index in [1.165, 1.54) is 36.3 Å². The Morgan fingerprint density at radius 3 is 2.37 bits per heavy atom. The molecule has 3 nitrogen and oxygen atoms in total. The van der Waals surface area contributed by atoms with E-state index in [9.17, 15) is 18.0 Å². The van der Waals surface area contributed by atoms with Crippen molar-refractivity contribution in [2.45, 2.75) is 57.2 Å². The molecule has 146 valence electrons. The summed E-state index contributed by atoms with van der Waals surface area (Å²) >= 11 is 1.35. The number of aromatic nitrogens is 1. The highest BCUT2D eigenvalue weighted by molar-refractivity contribution is 7.13. The van der Waals surface area contributed by atoms with E-state index in [1.54, 1.807) is 0 Å². The standard InChI is InChI=1S/C20H23F3N2OS/c1-25(17-6-4-2-3-5-7-17)18(26)12-16-13-27-19(24-16)14-8-10-15(11-9-14)20(21,22)23/h8-11,13,17H,2-7,12H2,1H3. The second kappa shape index (κ2) is 8.42. The average molecular weight is 396 g/mol. The predicted octanol–water partition coefficient (Wildman–Crippen LogP) is 5.55. The maximum Gasteiger partial charge on any atom is 0.416 e. The van der Waals surface area contributed by atoms with Gasteiger partial charge in [-0.2, -0.15) is 13.2 Å². The molecule has 1 aliphatic rings. The Morgan fingerprint density at radius 2 is 1.78 bits per heavy atom. The summed E-state index contributed by atoms with van der Waals surface area (Å²) in [6, 6.07) is 5.26. The molecule has 1 amide bonds. The van der Waals surface area contributed by atoms with Gasteiger partial charge in [0.1, 0.15) is 5.01 Å². The molecule has 0 atom stereocenters. The smallest absolute Gasteiger partial charge is 0.342 e. The van der Waals surface area contributed by atoms with Crippen molar-refractivity contribution in [2.24, 2.45) is 0 Å². The van der Waals surface area contributed by atoms with Gasteiger partial charge in [-0.15, -0.1) is 11.3 Å². The van der Waals surface area contributed by atoms with Crippen LogP contribution in [0, 0.1) is 0 Å². The molecule has 1 aliphatic carbocycles. The van der Waals surface area contributed by atoms with Crippen molar-refractivity contribution in [3.63, 3.8) is 0 Å². The van der Waals surface area contributed by atoms with E-state index in [1.807, 2.05) is 17.3 Å². The van der Waals surface area contributed by atoms with Gasteiger partial charge in [0.05, 0.1) is 17.7 Å². The Kier molecular flexibility index (Phi) is 6.19. The van der Waals surface area contributed by atoms with Crippen LogP contribution in [0.4, 0.5) is 13.2 Å². The fraction of sp³-hybridized carbons (Fsp3) is 0.500. The number of carbonyl (C=O) groups excluding carboxylic acids is 1. The van der Waals surface area contributed by atoms with Gasteiger partial charge in [0.25, 0.3) is 0 Å². The van der Waals surface area contributed by atoms with Gasteiger partial charge in [0.15, 0.2) is 0 Å². The second-order valence-corrected chi connectivity index (χ2v) is 7.90. The molecule has 27 heavy (non-hydrogen) atoms. The minimum atomic E-state index is -4.35. The molecule has 1 aromatic carbocycles. The number of likely N-dealkylation sites (N-methyl/N-ethyl adjacent to an activating group) is 1. The van der Waals surface area contributed by atoms with Crippen LogP contribution in [0.15, 0.2) is 29.6 Å². The molecule has 0 unspecified atom stereocenters. The van der Waals surface area contributed by atoms with Crippen molar-refractivity contribution in [2.75, 3.05) is 7.05 Å². The minimum Gasteiger partial charge on any atom is -0.342 e. The molecule has 0 aliphatic heterocycles. The van der Waals surface area contributed by atoms with Gasteiger partial charge in [0, 0.05) is 24.0 Å². The molecule has 0 bridgehead atoms. The summed E-state index contributed by atoms with van der Waals surface area (Å²) in [6.07, 6.45) is 2.79. The number of hydrogen-bond acceptors (Lipinski definition) is 3. The van der Waals surface area contributed by atoms with Gasteiger partial charge >= 0.3 is 6.18 Å². The Bertz CT molecular complexity index is 762. The maximum absolute atomic E-state index is 12.7. The van der Waals surface area contributed by atoms with Crippen LogP contribution in [-0.2, 0) is 17.4 Å². The summed E-state index contributed by atoms with van der Waals surface area (Å²) in [7, 11) is 1.86. The topological polar surface area (TPSA) is 33.2 Å². The lowest BCUT2D eigenvalue weighted by Gasteiger charge is -2.27. The van der Waals surface area contributed by atoms with Crippen LogP contribution in [-0.4, -0.2) is 28.9 Å². The number of rotatable bonds is 4. The second-order valence-electron chi connectivity index (χ2n) is 7.05. The van der Waals surface area contributed by atoms with Crippen LogP contribution in [0.1, 0.15) is 49.8 Å². The number of nitrogens with zero attached hydrogens (tertiary/aromatic N) is 2. The van der Waals surface area contributed by atoms with Crippen LogP contribution < -0.4 is 0 Å². The van der Waals surface area contributed by atoms with Gasteiger partial charge in [-0.1, -0.05) is 37.8 Å². The largest absolute Gasteiger partial charge is 0.416 e. The van der Waals surface area contributed by atoms with Gasteiger partial charge in [-0.25, -0.2) is 4.98 Å². The number of benzene rings is 1. The van der Waals surface area contributed by atoms with Crippen LogP contribution in [0.25, 0.3) is 10.6 Å². The number of amides is 1. The molecule has 0 spiro atoms. The first-order chi connectivity index (χ1) is 12.8. The molecule has 1 saturated carbocycles. The van der Waals surface area contributed by atoms with E-state index < -0.39 is 11.7 Å². The van der Waals surface area contributed by atoms with E-state index >= 15 is 0 Å². The maximum atomic E-state index is 12.7. The third kappa shape index (κ3) is 5.09. The summed E-state index contributed by atoms with van der Waals surface area (Å²) in [4.78, 5) is 18.9. The van der Waals surface area contributed by atoms with Gasteiger partial charge in [-0.05, 0) is 25.0 Å². The van der Waals surface area contributed by atoms with Crippen molar-refractivity contribution in [3.8, 4) is 10.6 Å². The molecule has 1 aromatic heterocycles. The summed E-state index contributed by atoms with van der Waals surface area (Å²) in [6.45, 7) is 0. The monoisotopic (exact) mass is 396 g/mol. The van der Waals surface area contributed by atoms with Crippen LogP contribution >= 0.6 is 11.3 Å². The van der Waals surface area contributed by atoms with E-state index in [4.69, 9.17) is 0 Å². The molecular formula is C20H23F3N2OS. The molecule has 0 N–H and O–H groups in total. The van der Waals surface area contributed by atoms with Crippen LogP contribution in [0.3, 0.4) is 0 Å². The first kappa shape index (κ1) is 19.9. The van der Waals surface area contributed by atoms with E-state index in [-0.39, 0.29) is 12.3 Å². The van der Waals surface area contributed by atoms with Crippen molar-refractivity contribution in [1.82, 2.24) is 9.88 Å². The van der Waals surface area contributed by atoms with Crippen molar-refractivity contribution in [3.05, 3.63) is 40.9 Å². The Morgan fingerprint density at radius 1 is 1.15 bits per heavy atom. The lowest BCUT2D eigenvalue weighted by atomic mass is 10.1. The Hall–Kier alpha value is -1.89. The minimum absolute atomic E-state index is 0.0474. The molecule has 7 heteroatoms. The highest BCUT2D eigenvalue weighted by Crippen LogP contribution is 2.32. The summed E-state index contributed by atoms with van der Waals surface area (Å²) in [5.74, 6) is 0.0474. The van der Waals surface area contributed by atoms with E-state index in [2.05, 4.69) is 4.98 Å². The first-order valence-electron chi connectivity index (χ1n) is 9.22. The quantitative estimate of drug-likeness (QED) is 0.635. The highest BCUT2D eigenvalue weighted by atomic mass is 32.1. The molecule has 0 saturated heterocycles. The lowest BCUT2D eigenvalue weighted by molar-refractivity contribution is -0.137. The van der Waals surface area contributed by atoms with Crippen LogP contribution in [0.2, 0.25) is 0 Å². The zero-order valence-corrected chi connectivity index (χ0v) is 16.1. The Labute approximate surface area is 161 Å². The molecule has 0 radical (unpaired) electrons. The molecular weight excluding hydrogens is 373 g/mol. The summed E-state index contributed by atoms with van der Waals surface area (Å²) < 4.78 is 38.0. The van der Waals surface area contributed by atoms with Gasteiger partial charge in [-0.3, -0.25) is 4.79 Å². The molecule has 1 fully saturated rings. The summed E-state index contributed by atoms with van der Waals surface area (Å²) in [5.41, 5.74) is 0.618. The van der Waals surface area contributed by atoms with Gasteiger partial charge in [0.2, 0.25) is 5.91 Å². The number of thiazole rings is 1. The number of carbonyl (C=O) groups is 1. The zero-order chi connectivity index (χ0) is 19.4. The number of halogens is 3. The fourth-order valence-electron chi connectivity index (χ4n) is 3.45. The SMILES string of the molecule is CN(C(=O)Cc1csc(-c2ccc(C(F)(F)F)cc2)n1)C1CCCCCC1. The first-order valence-corrected chi connectivity index (χ1v) is 10.1. The Balaban J connectivity index is 1.64. The normalized spacial score (nSPS) is 16.1. The molecule has 3 rings (SSSR count). The lowest BCUT2D eigenvalue weighted by Crippen LogP contribution is -2.37. The highest BCUT2D eigenvalue weighted by Gasteiger charge is 2.30. The predicted molar refractivity (Wildman–Crippen MR) is 101 cm³/mol. The van der Waals surface area contributed by atoms with Gasteiger partial charge < -0.3 is 4.90 Å².